The fourth-order valence-corrected chi connectivity index (χ4v) is 4.65. The van der Waals surface area contributed by atoms with Crippen molar-refractivity contribution in [2.24, 2.45) is 0 Å². The molecule has 1 heteroatoms. The molecular weight excluding hydrogens is 148 g/mol. The third-order valence-electron chi connectivity index (χ3n) is 2.54. The van der Waals surface area contributed by atoms with Crippen molar-refractivity contribution >= 4 is 8.07 Å². The van der Waals surface area contributed by atoms with Crippen molar-refractivity contribution in [1.29, 1.82) is 0 Å². The molecule has 62 valence electrons. The maximum absolute atomic E-state index is 2.49. The van der Waals surface area contributed by atoms with Crippen LogP contribution in [0, 0.1) is 0 Å². The van der Waals surface area contributed by atoms with Gasteiger partial charge in [0.25, 0.3) is 0 Å². The van der Waals surface area contributed by atoms with Gasteiger partial charge in [-0.3, -0.25) is 0 Å². The van der Waals surface area contributed by atoms with Gasteiger partial charge < -0.3 is 0 Å². The summed E-state index contributed by atoms with van der Waals surface area (Å²) in [4.78, 5) is 0. The van der Waals surface area contributed by atoms with Gasteiger partial charge in [0.15, 0.2) is 0 Å². The van der Waals surface area contributed by atoms with Crippen LogP contribution in [0.2, 0.25) is 24.7 Å². The Morgan fingerprint density at radius 2 is 1.73 bits per heavy atom. The van der Waals surface area contributed by atoms with Gasteiger partial charge in [-0.2, -0.15) is 0 Å². The van der Waals surface area contributed by atoms with E-state index in [-0.39, 0.29) is 0 Å². The minimum absolute atomic E-state index is 0.808. The van der Waals surface area contributed by atoms with Crippen molar-refractivity contribution in [2.75, 3.05) is 0 Å². The smallest absolute Gasteiger partial charge is 0.0588 e. The Labute approximate surface area is 71.0 Å². The van der Waals surface area contributed by atoms with Crippen molar-refractivity contribution in [2.45, 2.75) is 38.0 Å². The Hall–Kier alpha value is -0.303. The molecule has 0 heterocycles. The molecule has 1 rings (SSSR count). The van der Waals surface area contributed by atoms with E-state index in [1.807, 2.05) is 0 Å². The molecule has 0 radical (unpaired) electrons. The van der Waals surface area contributed by atoms with Crippen LogP contribution in [0.4, 0.5) is 0 Å². The Bertz CT molecular complexity index is 165. The van der Waals surface area contributed by atoms with E-state index in [1.165, 1.54) is 12.5 Å². The Balaban J connectivity index is 2.56. The maximum Gasteiger partial charge on any atom is 0.0588 e. The first kappa shape index (κ1) is 8.79. The van der Waals surface area contributed by atoms with E-state index in [0.717, 1.165) is 5.54 Å². The topological polar surface area (TPSA) is 0 Å². The Kier molecular flexibility index (Phi) is 2.71. The third-order valence-corrected chi connectivity index (χ3v) is 6.52. The lowest BCUT2D eigenvalue weighted by Crippen LogP contribution is -2.29. The van der Waals surface area contributed by atoms with Crippen LogP contribution >= 0.6 is 0 Å². The van der Waals surface area contributed by atoms with E-state index in [4.69, 9.17) is 0 Å². The zero-order chi connectivity index (χ0) is 8.32. The fraction of sp³-hybridized carbons (Fsp3) is 0.600. The fourth-order valence-electron chi connectivity index (χ4n) is 1.76. The molecule has 0 nitrogen and oxygen atoms in total. The first-order chi connectivity index (χ1) is 5.17. The predicted molar refractivity (Wildman–Crippen MR) is 54.6 cm³/mol. The van der Waals surface area contributed by atoms with Crippen molar-refractivity contribution < 1.29 is 0 Å². The van der Waals surface area contributed by atoms with Crippen LogP contribution in [0.3, 0.4) is 0 Å². The minimum Gasteiger partial charge on any atom is -0.0803 e. The van der Waals surface area contributed by atoms with Gasteiger partial charge in [-0.15, -0.1) is 0 Å². The average molecular weight is 166 g/mol. The average Bonchev–Trinajstić information content (AvgIpc) is 2.37. The lowest BCUT2D eigenvalue weighted by atomic mass is 10.5. The van der Waals surface area contributed by atoms with Gasteiger partial charge in [0.2, 0.25) is 0 Å². The molecular formula is C10H18Si. The van der Waals surface area contributed by atoms with Gasteiger partial charge in [-0.05, 0) is 5.54 Å². The van der Waals surface area contributed by atoms with Crippen LogP contribution in [0.15, 0.2) is 24.3 Å². The number of hydrogen-bond acceptors (Lipinski definition) is 0. The van der Waals surface area contributed by atoms with E-state index in [0.29, 0.717) is 0 Å². The van der Waals surface area contributed by atoms with Crippen LogP contribution in [-0.4, -0.2) is 8.07 Å². The van der Waals surface area contributed by atoms with Gasteiger partial charge in [0.05, 0.1) is 8.07 Å². The van der Waals surface area contributed by atoms with Crippen LogP contribution in [0.1, 0.15) is 13.3 Å². The second kappa shape index (κ2) is 3.40. The van der Waals surface area contributed by atoms with Gasteiger partial charge >= 0.3 is 0 Å². The Morgan fingerprint density at radius 1 is 1.18 bits per heavy atom. The predicted octanol–water partition coefficient (Wildman–Crippen LogP) is 3.60. The molecule has 0 aliphatic heterocycles. The molecule has 0 saturated carbocycles. The number of rotatable bonds is 3. The summed E-state index contributed by atoms with van der Waals surface area (Å²) >= 11 is 0. The molecule has 0 fully saturated rings. The standard InChI is InChI=1S/C10H18Si/c1-4-9-11(2,3)10-7-5-6-8-10/h5-8,10H,4,9H2,1-3H3. The summed E-state index contributed by atoms with van der Waals surface area (Å²) in [7, 11) is -0.944. The zero-order valence-corrected chi connectivity index (χ0v) is 8.80. The lowest BCUT2D eigenvalue weighted by Gasteiger charge is -2.26. The van der Waals surface area contributed by atoms with Crippen molar-refractivity contribution in [3.63, 3.8) is 0 Å². The van der Waals surface area contributed by atoms with Gasteiger partial charge in [-0.1, -0.05) is 56.8 Å². The molecule has 0 aromatic carbocycles. The van der Waals surface area contributed by atoms with Crippen LogP contribution in [0.25, 0.3) is 0 Å². The summed E-state index contributed by atoms with van der Waals surface area (Å²) in [6, 6.07) is 1.45. The van der Waals surface area contributed by atoms with E-state index in [1.54, 1.807) is 0 Å². The van der Waals surface area contributed by atoms with Crippen molar-refractivity contribution in [3.8, 4) is 0 Å². The molecule has 11 heavy (non-hydrogen) atoms. The second-order valence-electron chi connectivity index (χ2n) is 4.03. The lowest BCUT2D eigenvalue weighted by molar-refractivity contribution is 1.02. The molecule has 1 aliphatic carbocycles. The molecule has 0 atom stereocenters. The first-order valence-electron chi connectivity index (χ1n) is 4.52. The van der Waals surface area contributed by atoms with Crippen molar-refractivity contribution in [3.05, 3.63) is 24.3 Å². The largest absolute Gasteiger partial charge is 0.0803 e. The highest BCUT2D eigenvalue weighted by Crippen LogP contribution is 2.32. The normalized spacial score (nSPS) is 18.1. The molecule has 0 bridgehead atoms. The van der Waals surface area contributed by atoms with Crippen LogP contribution < -0.4 is 0 Å². The summed E-state index contributed by atoms with van der Waals surface area (Å²) in [5.74, 6) is 0. The van der Waals surface area contributed by atoms with Crippen LogP contribution in [0.5, 0.6) is 0 Å². The van der Waals surface area contributed by atoms with E-state index >= 15 is 0 Å². The molecule has 0 unspecified atom stereocenters. The van der Waals surface area contributed by atoms with E-state index in [9.17, 15) is 0 Å². The molecule has 0 saturated heterocycles. The number of hydrogen-bond donors (Lipinski definition) is 0. The molecule has 0 N–H and O–H groups in total. The number of allylic oxidation sites excluding steroid dienone is 4. The van der Waals surface area contributed by atoms with Gasteiger partial charge in [0.1, 0.15) is 0 Å². The SMILES string of the molecule is CCC[Si](C)(C)C1C=CC=C1. The highest BCUT2D eigenvalue weighted by molar-refractivity contribution is 6.79. The summed E-state index contributed by atoms with van der Waals surface area (Å²) in [5.41, 5.74) is 0.808. The van der Waals surface area contributed by atoms with Crippen molar-refractivity contribution in [1.82, 2.24) is 0 Å². The highest BCUT2D eigenvalue weighted by atomic mass is 28.3. The Morgan fingerprint density at radius 3 is 2.18 bits per heavy atom. The first-order valence-corrected chi connectivity index (χ1v) is 7.80. The maximum atomic E-state index is 2.49. The quantitative estimate of drug-likeness (QED) is 0.562. The third kappa shape index (κ3) is 2.06. The molecule has 0 aromatic heterocycles. The molecule has 0 spiro atoms. The summed E-state index contributed by atoms with van der Waals surface area (Å²) in [5, 5.41) is 0. The summed E-state index contributed by atoms with van der Waals surface area (Å²) in [6.07, 6.45) is 10.4. The van der Waals surface area contributed by atoms with Crippen LogP contribution in [-0.2, 0) is 0 Å². The van der Waals surface area contributed by atoms with Gasteiger partial charge in [-0.25, -0.2) is 0 Å². The zero-order valence-electron chi connectivity index (χ0n) is 7.80. The van der Waals surface area contributed by atoms with E-state index < -0.39 is 8.07 Å². The second-order valence-corrected chi connectivity index (χ2v) is 9.18. The minimum atomic E-state index is -0.944. The summed E-state index contributed by atoms with van der Waals surface area (Å²) < 4.78 is 0. The van der Waals surface area contributed by atoms with Gasteiger partial charge in [0, 0.05) is 0 Å². The summed E-state index contributed by atoms with van der Waals surface area (Å²) in [6.45, 7) is 7.26. The highest BCUT2D eigenvalue weighted by Gasteiger charge is 2.27. The van der Waals surface area contributed by atoms with E-state index in [2.05, 4.69) is 44.3 Å². The monoisotopic (exact) mass is 166 g/mol. The molecule has 0 aromatic rings. The molecule has 1 aliphatic rings. The molecule has 0 amide bonds.